The molecule has 1 unspecified atom stereocenters. The first kappa shape index (κ1) is 16.3. The fourth-order valence-electron chi connectivity index (χ4n) is 3.21. The quantitative estimate of drug-likeness (QED) is 0.874. The van der Waals surface area contributed by atoms with E-state index in [9.17, 15) is 0 Å². The lowest BCUT2D eigenvalue weighted by atomic mass is 9.86. The number of rotatable bonds is 6. The van der Waals surface area contributed by atoms with Gasteiger partial charge in [0.05, 0.1) is 17.5 Å². The van der Waals surface area contributed by atoms with Crippen LogP contribution in [0.2, 0.25) is 0 Å². The lowest BCUT2D eigenvalue weighted by Crippen LogP contribution is -2.46. The molecule has 1 aromatic heterocycles. The Labute approximate surface area is 128 Å². The second-order valence-electron chi connectivity index (χ2n) is 6.31. The third kappa shape index (κ3) is 3.58. The van der Waals surface area contributed by atoms with Crippen molar-refractivity contribution in [1.29, 1.82) is 0 Å². The van der Waals surface area contributed by atoms with Crippen LogP contribution in [0.3, 0.4) is 0 Å². The highest BCUT2D eigenvalue weighted by Gasteiger charge is 2.34. The van der Waals surface area contributed by atoms with Crippen molar-refractivity contribution in [3.63, 3.8) is 0 Å². The maximum Gasteiger partial charge on any atom is 0.204 e. The molecule has 1 fully saturated rings. The summed E-state index contributed by atoms with van der Waals surface area (Å²) in [7, 11) is 6.12. The predicted molar refractivity (Wildman–Crippen MR) is 86.7 cm³/mol. The van der Waals surface area contributed by atoms with Crippen molar-refractivity contribution < 1.29 is 4.74 Å². The number of nitrogens with one attached hydrogen (secondary N) is 1. The van der Waals surface area contributed by atoms with Crippen molar-refractivity contribution >= 4 is 5.95 Å². The molecule has 2 heterocycles. The molecule has 2 rings (SSSR count). The second kappa shape index (κ2) is 6.79. The number of hydrogen-bond acceptors (Lipinski definition) is 4. The Morgan fingerprint density at radius 3 is 2.71 bits per heavy atom. The summed E-state index contributed by atoms with van der Waals surface area (Å²) in [6.07, 6.45) is 6.36. The van der Waals surface area contributed by atoms with Crippen LogP contribution in [0.5, 0.6) is 0 Å². The fourth-order valence-corrected chi connectivity index (χ4v) is 3.21. The number of ether oxygens (including phenoxy) is 1. The normalized spacial score (nSPS) is 21.5. The molecule has 21 heavy (non-hydrogen) atoms. The Hall–Kier alpha value is -1.07. The van der Waals surface area contributed by atoms with Crippen LogP contribution in [-0.2, 0) is 18.3 Å². The largest absolute Gasteiger partial charge is 0.375 e. The van der Waals surface area contributed by atoms with E-state index in [1.807, 2.05) is 25.2 Å². The fraction of sp³-hybridized carbons (Fsp3) is 0.812. The molecule has 1 atom stereocenters. The van der Waals surface area contributed by atoms with Gasteiger partial charge < -0.3 is 19.5 Å². The van der Waals surface area contributed by atoms with Crippen LogP contribution in [0, 0.1) is 0 Å². The van der Waals surface area contributed by atoms with Gasteiger partial charge >= 0.3 is 0 Å². The molecule has 0 radical (unpaired) electrons. The number of anilines is 1. The zero-order chi connectivity index (χ0) is 15.5. The van der Waals surface area contributed by atoms with E-state index in [2.05, 4.69) is 35.8 Å². The van der Waals surface area contributed by atoms with Gasteiger partial charge in [-0.05, 0) is 25.7 Å². The third-order valence-electron chi connectivity index (χ3n) is 4.81. The predicted octanol–water partition coefficient (Wildman–Crippen LogP) is 2.31. The molecular weight excluding hydrogens is 264 g/mol. The number of hydrogen-bond donors (Lipinski definition) is 1. The molecule has 0 spiro atoms. The summed E-state index contributed by atoms with van der Waals surface area (Å²) < 4.78 is 8.19. The average Bonchev–Trinajstić information content (AvgIpc) is 2.86. The van der Waals surface area contributed by atoms with Gasteiger partial charge in [-0.2, -0.15) is 0 Å². The monoisotopic (exact) mass is 294 g/mol. The van der Waals surface area contributed by atoms with E-state index in [4.69, 9.17) is 4.74 Å². The molecule has 5 nitrogen and oxygen atoms in total. The molecule has 0 amide bonds. The first-order valence-electron chi connectivity index (χ1n) is 8.06. The van der Waals surface area contributed by atoms with Gasteiger partial charge in [-0.25, -0.2) is 4.98 Å². The molecule has 1 N–H and O–H groups in total. The molecule has 1 aliphatic rings. The molecule has 1 aliphatic heterocycles. The van der Waals surface area contributed by atoms with E-state index in [1.165, 1.54) is 5.69 Å². The molecule has 120 valence electrons. The zero-order valence-electron chi connectivity index (χ0n) is 14.1. The summed E-state index contributed by atoms with van der Waals surface area (Å²) in [5.41, 5.74) is 1.31. The number of aromatic nitrogens is 2. The van der Waals surface area contributed by atoms with Crippen LogP contribution in [0.15, 0.2) is 6.20 Å². The second-order valence-corrected chi connectivity index (χ2v) is 6.31. The van der Waals surface area contributed by atoms with Gasteiger partial charge in [-0.1, -0.05) is 13.8 Å². The first-order valence-corrected chi connectivity index (χ1v) is 8.06. The lowest BCUT2D eigenvalue weighted by Gasteiger charge is -2.40. The molecule has 0 saturated carbocycles. The average molecular weight is 294 g/mol. The minimum absolute atomic E-state index is 0.0805. The highest BCUT2D eigenvalue weighted by Crippen LogP contribution is 2.31. The van der Waals surface area contributed by atoms with E-state index in [0.29, 0.717) is 6.04 Å². The summed E-state index contributed by atoms with van der Waals surface area (Å²) in [6.45, 7) is 6.20. The van der Waals surface area contributed by atoms with Crippen LogP contribution in [0.1, 0.15) is 45.2 Å². The minimum Gasteiger partial charge on any atom is -0.375 e. The number of nitrogens with zero attached hydrogens (tertiary/aromatic N) is 3. The van der Waals surface area contributed by atoms with Crippen molar-refractivity contribution in [3.05, 3.63) is 11.9 Å². The molecule has 0 aromatic carbocycles. The highest BCUT2D eigenvalue weighted by molar-refractivity contribution is 5.30. The molecule has 1 aromatic rings. The maximum atomic E-state index is 6.04. The van der Waals surface area contributed by atoms with Gasteiger partial charge in [-0.15, -0.1) is 0 Å². The van der Waals surface area contributed by atoms with E-state index in [1.54, 1.807) is 0 Å². The van der Waals surface area contributed by atoms with Crippen LogP contribution >= 0.6 is 0 Å². The van der Waals surface area contributed by atoms with Crippen molar-refractivity contribution in [2.24, 2.45) is 7.05 Å². The smallest absolute Gasteiger partial charge is 0.204 e. The zero-order valence-corrected chi connectivity index (χ0v) is 14.1. The van der Waals surface area contributed by atoms with E-state index in [-0.39, 0.29) is 5.60 Å². The van der Waals surface area contributed by atoms with Crippen molar-refractivity contribution in [3.8, 4) is 0 Å². The summed E-state index contributed by atoms with van der Waals surface area (Å²) in [5.74, 6) is 0.996. The lowest BCUT2D eigenvalue weighted by molar-refractivity contribution is -0.0932. The molecule has 1 saturated heterocycles. The van der Waals surface area contributed by atoms with E-state index in [0.717, 1.165) is 44.8 Å². The molecular formula is C16H30N4O. The van der Waals surface area contributed by atoms with Gasteiger partial charge in [-0.3, -0.25) is 0 Å². The van der Waals surface area contributed by atoms with Crippen LogP contribution in [-0.4, -0.2) is 41.9 Å². The van der Waals surface area contributed by atoms with Crippen LogP contribution in [0.4, 0.5) is 5.95 Å². The highest BCUT2D eigenvalue weighted by atomic mass is 16.5. The van der Waals surface area contributed by atoms with Gasteiger partial charge in [0, 0.05) is 40.3 Å². The van der Waals surface area contributed by atoms with Crippen molar-refractivity contribution in [2.45, 2.75) is 57.7 Å². The third-order valence-corrected chi connectivity index (χ3v) is 4.81. The summed E-state index contributed by atoms with van der Waals surface area (Å²) in [5, 5.41) is 3.70. The van der Waals surface area contributed by atoms with Crippen molar-refractivity contribution in [1.82, 2.24) is 14.9 Å². The topological polar surface area (TPSA) is 42.3 Å². The molecule has 0 aliphatic carbocycles. The van der Waals surface area contributed by atoms with Crippen molar-refractivity contribution in [2.75, 3.05) is 25.6 Å². The van der Waals surface area contributed by atoms with Gasteiger partial charge in [0.2, 0.25) is 5.95 Å². The Balaban J connectivity index is 1.94. The summed E-state index contributed by atoms with van der Waals surface area (Å²) >= 11 is 0. The van der Waals surface area contributed by atoms with Gasteiger partial charge in [0.15, 0.2) is 0 Å². The van der Waals surface area contributed by atoms with Crippen LogP contribution in [0.25, 0.3) is 0 Å². The van der Waals surface area contributed by atoms with Gasteiger partial charge in [0.25, 0.3) is 0 Å². The Morgan fingerprint density at radius 1 is 1.43 bits per heavy atom. The minimum atomic E-state index is 0.0805. The van der Waals surface area contributed by atoms with Gasteiger partial charge in [0.1, 0.15) is 0 Å². The SMILES string of the molecule is CCC1(CC)CC(NCc2cnc(N(C)C)n2C)CCO1. The summed E-state index contributed by atoms with van der Waals surface area (Å²) in [4.78, 5) is 6.50. The molecule has 0 bridgehead atoms. The Kier molecular flexibility index (Phi) is 5.27. The summed E-state index contributed by atoms with van der Waals surface area (Å²) in [6, 6.07) is 0.538. The van der Waals surface area contributed by atoms with E-state index >= 15 is 0 Å². The maximum absolute atomic E-state index is 6.04. The van der Waals surface area contributed by atoms with E-state index < -0.39 is 0 Å². The molecule has 5 heteroatoms. The van der Waals surface area contributed by atoms with Crippen LogP contribution < -0.4 is 10.2 Å². The Bertz CT molecular complexity index is 451. The Morgan fingerprint density at radius 2 is 2.14 bits per heavy atom. The number of imidazole rings is 1. The standard InChI is InChI=1S/C16H30N4O/c1-6-16(7-2)10-13(8-9-21-16)17-11-14-12-18-15(19(3)4)20(14)5/h12-13,17H,6-11H2,1-5H3. The first-order chi connectivity index (χ1) is 10.0.